The highest BCUT2D eigenvalue weighted by Gasteiger charge is 2.34. The van der Waals surface area contributed by atoms with Gasteiger partial charge in [0.2, 0.25) is 0 Å². The number of nitrogens with one attached hydrogen (secondary N) is 1. The molecule has 172 valence electrons. The Labute approximate surface area is 199 Å². The van der Waals surface area contributed by atoms with E-state index >= 15 is 0 Å². The number of sulfone groups is 1. The van der Waals surface area contributed by atoms with Crippen molar-refractivity contribution in [2.24, 2.45) is 0 Å². The van der Waals surface area contributed by atoms with Gasteiger partial charge in [0, 0.05) is 42.7 Å². The van der Waals surface area contributed by atoms with Gasteiger partial charge >= 0.3 is 6.03 Å². The number of hydrogen-bond acceptors (Lipinski definition) is 5. The molecule has 2 aliphatic heterocycles. The minimum absolute atomic E-state index is 0.0405. The summed E-state index contributed by atoms with van der Waals surface area (Å²) >= 11 is 5.95. The Bertz CT molecular complexity index is 1340. The molecule has 1 atom stereocenters. The van der Waals surface area contributed by atoms with Gasteiger partial charge < -0.3 is 20.2 Å². The van der Waals surface area contributed by atoms with Crippen LogP contribution in [0.4, 0.5) is 4.79 Å². The molecule has 2 saturated heterocycles. The average Bonchev–Trinajstić information content (AvgIpc) is 2.81. The Morgan fingerprint density at radius 1 is 1.22 bits per heavy atom. The van der Waals surface area contributed by atoms with Crippen LogP contribution >= 0.6 is 11.6 Å². The highest BCUT2D eigenvalue weighted by Crippen LogP contribution is 2.24. The summed E-state index contributed by atoms with van der Waals surface area (Å²) in [4.78, 5) is 26.7. The van der Waals surface area contributed by atoms with Gasteiger partial charge in [-0.15, -0.1) is 0 Å². The fraction of sp³-hybridized carbons (Fsp3) is 0.455. The first kappa shape index (κ1) is 17.2. The number of hydrogen-bond donors (Lipinski definition) is 2. The molecular formula is C22H26ClN3O5S. The molecule has 32 heavy (non-hydrogen) atoms. The summed E-state index contributed by atoms with van der Waals surface area (Å²) in [5.41, 5.74) is 0. The molecule has 8 nitrogen and oxygen atoms in total. The van der Waals surface area contributed by atoms with Gasteiger partial charge in [-0.3, -0.25) is 4.79 Å². The maximum atomic E-state index is 13.0. The molecule has 4 rings (SSSR count). The van der Waals surface area contributed by atoms with Crippen LogP contribution in [0.2, 0.25) is 5.02 Å². The van der Waals surface area contributed by atoms with Crippen LogP contribution in [0, 0.1) is 0 Å². The summed E-state index contributed by atoms with van der Waals surface area (Å²) in [6.07, 6.45) is -7.19. The van der Waals surface area contributed by atoms with Crippen LogP contribution in [0.5, 0.6) is 0 Å². The van der Waals surface area contributed by atoms with Crippen LogP contribution < -0.4 is 5.32 Å². The Balaban J connectivity index is 1.54. The topological polar surface area (TPSA) is 107 Å². The van der Waals surface area contributed by atoms with Gasteiger partial charge in [-0.05, 0) is 54.2 Å². The third kappa shape index (κ3) is 4.84. The first-order valence-electron chi connectivity index (χ1n) is 12.5. The third-order valence-corrected chi connectivity index (χ3v) is 7.29. The number of piperidine rings is 1. The van der Waals surface area contributed by atoms with Gasteiger partial charge in [0.05, 0.1) is 12.0 Å². The van der Waals surface area contributed by atoms with Crippen molar-refractivity contribution in [3.63, 3.8) is 0 Å². The van der Waals surface area contributed by atoms with Gasteiger partial charge in [-0.25, -0.2) is 13.2 Å². The Kier molecular flexibility index (Phi) is 4.96. The summed E-state index contributed by atoms with van der Waals surface area (Å²) < 4.78 is 68.4. The van der Waals surface area contributed by atoms with Gasteiger partial charge in [0.1, 0.15) is 6.10 Å². The lowest BCUT2D eigenvalue weighted by molar-refractivity contribution is -0.140. The van der Waals surface area contributed by atoms with E-state index in [9.17, 15) is 23.1 Å². The van der Waals surface area contributed by atoms with Crippen LogP contribution in [0.1, 0.15) is 26.0 Å². The zero-order valence-electron chi connectivity index (χ0n) is 22.0. The summed E-state index contributed by atoms with van der Waals surface area (Å²) in [6.45, 7) is -1.35. The number of nitrogens with zero attached hydrogens (tertiary/aromatic N) is 2. The molecule has 2 aromatic rings. The van der Waals surface area contributed by atoms with Crippen LogP contribution in [-0.4, -0.2) is 79.3 Å². The van der Waals surface area contributed by atoms with Crippen molar-refractivity contribution in [2.45, 2.75) is 36.2 Å². The van der Waals surface area contributed by atoms with Crippen LogP contribution in [0.15, 0.2) is 41.3 Å². The van der Waals surface area contributed by atoms with E-state index < -0.39 is 65.5 Å². The van der Waals surface area contributed by atoms with Crippen molar-refractivity contribution in [2.75, 3.05) is 31.9 Å². The number of amides is 3. The lowest BCUT2D eigenvalue weighted by Gasteiger charge is -2.40. The molecule has 10 heteroatoms. The Hall–Kier alpha value is -2.36. The van der Waals surface area contributed by atoms with E-state index in [0.29, 0.717) is 33.7 Å². The zero-order valence-corrected chi connectivity index (χ0v) is 18.6. The molecule has 0 bridgehead atoms. The van der Waals surface area contributed by atoms with Gasteiger partial charge in [-0.1, -0.05) is 23.7 Å². The second kappa shape index (κ2) is 9.25. The number of carbonyl (C=O) groups excluding carboxylic acids is 2. The molecule has 3 amide bonds. The molecule has 2 heterocycles. The second-order valence-corrected chi connectivity index (χ2v) is 10.1. The van der Waals surface area contributed by atoms with E-state index in [0.717, 1.165) is 4.90 Å². The SMILES string of the molecule is [2H]C1([2H])CN(C(=O)[C@H](O)CS(=O)(=O)c2ccc3cc(Cl)ccc3c2)CC([2H])([2H])C1([2H])N1CCCNC1=O. The van der Waals surface area contributed by atoms with Crippen molar-refractivity contribution in [3.05, 3.63) is 41.4 Å². The summed E-state index contributed by atoms with van der Waals surface area (Å²) in [5, 5.41) is 14.8. The lowest BCUT2D eigenvalue weighted by atomic mass is 10.0. The fourth-order valence-corrected chi connectivity index (χ4v) is 5.14. The molecule has 0 saturated carbocycles. The van der Waals surface area contributed by atoms with Crippen molar-refractivity contribution in [3.8, 4) is 0 Å². The molecule has 2 fully saturated rings. The predicted octanol–water partition coefficient (Wildman–Crippen LogP) is 2.03. The summed E-state index contributed by atoms with van der Waals surface area (Å²) in [5.74, 6) is -2.19. The van der Waals surface area contributed by atoms with E-state index in [1.165, 1.54) is 12.1 Å². The smallest absolute Gasteiger partial charge is 0.317 e. The standard InChI is InChI=1S/C22H26ClN3O5S/c23-17-4-2-16-13-19(5-3-15(16)12-17)32(30,31)14-20(27)21(28)25-10-6-18(7-11-25)26-9-1-8-24-22(26)29/h2-5,12-13,18,20,27H,1,6-11,14H2,(H,24,29)/t20-/m1/s1/i6D2,7D2,18D. The molecule has 0 spiro atoms. The van der Waals surface area contributed by atoms with Crippen LogP contribution in [-0.2, 0) is 14.6 Å². The number of halogens is 1. The maximum absolute atomic E-state index is 13.0. The number of aliphatic hydroxyl groups is 1. The van der Waals surface area contributed by atoms with Gasteiger partial charge in [-0.2, -0.15) is 0 Å². The van der Waals surface area contributed by atoms with Crippen molar-refractivity contribution in [1.82, 2.24) is 15.1 Å². The van der Waals surface area contributed by atoms with Gasteiger partial charge in [0.15, 0.2) is 9.84 Å². The highest BCUT2D eigenvalue weighted by atomic mass is 35.5. The van der Waals surface area contributed by atoms with Crippen molar-refractivity contribution in [1.29, 1.82) is 0 Å². The van der Waals surface area contributed by atoms with Crippen LogP contribution in [0.3, 0.4) is 0 Å². The minimum atomic E-state index is -4.17. The normalized spacial score (nSPS) is 25.6. The number of aliphatic hydroxyl groups excluding tert-OH is 1. The third-order valence-electron chi connectivity index (χ3n) is 5.33. The maximum Gasteiger partial charge on any atom is 0.317 e. The molecule has 0 aliphatic carbocycles. The molecule has 0 aromatic heterocycles. The minimum Gasteiger partial charge on any atom is -0.382 e. The summed E-state index contributed by atoms with van der Waals surface area (Å²) in [6, 6.07) is 5.69. The quantitative estimate of drug-likeness (QED) is 0.675. The first-order chi connectivity index (χ1) is 17.1. The van der Waals surface area contributed by atoms with Gasteiger partial charge in [0.25, 0.3) is 5.91 Å². The van der Waals surface area contributed by atoms with E-state index in [2.05, 4.69) is 5.32 Å². The average molecular weight is 485 g/mol. The zero-order chi connectivity index (χ0) is 27.4. The highest BCUT2D eigenvalue weighted by molar-refractivity contribution is 7.91. The second-order valence-electron chi connectivity index (χ2n) is 7.58. The monoisotopic (exact) mass is 484 g/mol. The molecule has 2 aliphatic rings. The summed E-state index contributed by atoms with van der Waals surface area (Å²) in [7, 11) is -4.17. The van der Waals surface area contributed by atoms with E-state index in [1.807, 2.05) is 0 Å². The van der Waals surface area contributed by atoms with Crippen molar-refractivity contribution >= 4 is 44.1 Å². The van der Waals surface area contributed by atoms with Crippen molar-refractivity contribution < 1.29 is 30.0 Å². The van der Waals surface area contributed by atoms with E-state index in [4.69, 9.17) is 18.5 Å². The number of fused-ring (bicyclic) bond motifs is 1. The van der Waals surface area contributed by atoms with E-state index in [1.54, 1.807) is 24.3 Å². The molecular weight excluding hydrogens is 454 g/mol. The van der Waals surface area contributed by atoms with E-state index in [-0.39, 0.29) is 11.4 Å². The molecule has 0 radical (unpaired) electrons. The van der Waals surface area contributed by atoms with Crippen LogP contribution in [0.25, 0.3) is 10.8 Å². The Morgan fingerprint density at radius 2 is 1.91 bits per heavy atom. The number of carbonyl (C=O) groups is 2. The fourth-order valence-electron chi connectivity index (χ4n) is 3.62. The molecule has 2 aromatic carbocycles. The number of likely N-dealkylation sites (tertiary alicyclic amines) is 1. The lowest BCUT2D eigenvalue weighted by Crippen LogP contribution is -2.55. The Morgan fingerprint density at radius 3 is 2.62 bits per heavy atom. The number of benzene rings is 2. The number of urea groups is 1. The molecule has 2 N–H and O–H groups in total. The molecule has 0 unspecified atom stereocenters. The predicted molar refractivity (Wildman–Crippen MR) is 121 cm³/mol. The first-order valence-corrected chi connectivity index (χ1v) is 12.1. The largest absolute Gasteiger partial charge is 0.382 e. The number of rotatable bonds is 5.